The first-order valence-electron chi connectivity index (χ1n) is 8.76. The van der Waals surface area contributed by atoms with E-state index in [0.717, 1.165) is 42.4 Å². The van der Waals surface area contributed by atoms with E-state index in [4.69, 9.17) is 14.6 Å². The number of hydrogen-bond acceptors (Lipinski definition) is 4. The molecule has 0 spiro atoms. The number of nitrogens with zero attached hydrogens (tertiary/aromatic N) is 1. The van der Waals surface area contributed by atoms with Crippen LogP contribution in [0.2, 0.25) is 0 Å². The molecule has 0 radical (unpaired) electrons. The van der Waals surface area contributed by atoms with Crippen LogP contribution >= 0.6 is 0 Å². The van der Waals surface area contributed by atoms with E-state index in [1.807, 2.05) is 30.1 Å². The third-order valence-corrected chi connectivity index (χ3v) is 5.84. The van der Waals surface area contributed by atoms with Crippen LogP contribution in [0.25, 0.3) is 0 Å². The minimum absolute atomic E-state index is 0.118. The molecule has 1 aromatic rings. The molecule has 4 atom stereocenters. The fourth-order valence-corrected chi connectivity index (χ4v) is 4.63. The summed E-state index contributed by atoms with van der Waals surface area (Å²) in [5.74, 6) is 1.31. The van der Waals surface area contributed by atoms with Crippen molar-refractivity contribution in [3.63, 3.8) is 0 Å². The summed E-state index contributed by atoms with van der Waals surface area (Å²) < 4.78 is 5.48. The van der Waals surface area contributed by atoms with E-state index in [9.17, 15) is 9.90 Å². The highest BCUT2D eigenvalue weighted by molar-refractivity contribution is 5.96. The molecular weight excluding hydrogens is 322 g/mol. The Bertz CT molecular complexity index is 633. The van der Waals surface area contributed by atoms with Crippen molar-refractivity contribution in [3.8, 4) is 0 Å². The van der Waals surface area contributed by atoms with Crippen LogP contribution in [0.1, 0.15) is 47.2 Å². The molecular formula is C19H25NO5. The molecule has 6 nitrogen and oxygen atoms in total. The largest absolute Gasteiger partial charge is 0.483 e. The molecule has 136 valence electrons. The summed E-state index contributed by atoms with van der Waals surface area (Å²) >= 11 is 0. The first-order chi connectivity index (χ1) is 12.0. The molecule has 0 saturated heterocycles. The van der Waals surface area contributed by atoms with Gasteiger partial charge >= 0.3 is 0 Å². The molecule has 2 aliphatic carbocycles. The van der Waals surface area contributed by atoms with Crippen molar-refractivity contribution in [2.24, 2.45) is 11.8 Å². The maximum atomic E-state index is 12.9. The van der Waals surface area contributed by atoms with Gasteiger partial charge in [0.1, 0.15) is 0 Å². The highest BCUT2D eigenvalue weighted by Crippen LogP contribution is 2.45. The number of carbonyl (C=O) groups is 2. The fourth-order valence-electron chi connectivity index (χ4n) is 4.63. The number of rotatable bonds is 2. The summed E-state index contributed by atoms with van der Waals surface area (Å²) in [6.07, 6.45) is 3.78. The highest BCUT2D eigenvalue weighted by atomic mass is 16.5. The first-order valence-corrected chi connectivity index (χ1v) is 8.76. The van der Waals surface area contributed by atoms with E-state index >= 15 is 0 Å². The topological polar surface area (TPSA) is 87.1 Å². The molecule has 0 bridgehead atoms. The number of aliphatic hydroxyl groups excluding tert-OH is 1. The number of carboxylic acid groups (broad SMARTS) is 1. The lowest BCUT2D eigenvalue weighted by molar-refractivity contribution is -0.122. The van der Waals surface area contributed by atoms with Gasteiger partial charge < -0.3 is 19.8 Å². The van der Waals surface area contributed by atoms with Crippen LogP contribution in [-0.2, 0) is 22.7 Å². The van der Waals surface area contributed by atoms with Crippen molar-refractivity contribution in [3.05, 3.63) is 34.9 Å². The second-order valence-corrected chi connectivity index (χ2v) is 7.23. The van der Waals surface area contributed by atoms with Gasteiger partial charge in [0.15, 0.2) is 0 Å². The predicted molar refractivity (Wildman–Crippen MR) is 91.0 cm³/mol. The highest BCUT2D eigenvalue weighted by Gasteiger charge is 2.43. The smallest absolute Gasteiger partial charge is 0.290 e. The normalized spacial score (nSPS) is 29.4. The number of ether oxygens (including phenoxy) is 1. The number of carbonyl (C=O) groups excluding carboxylic acids is 1. The van der Waals surface area contributed by atoms with E-state index in [2.05, 4.69) is 0 Å². The van der Waals surface area contributed by atoms with Crippen LogP contribution in [0.3, 0.4) is 0 Å². The first kappa shape index (κ1) is 17.9. The number of hydrogen-bond donors (Lipinski definition) is 2. The van der Waals surface area contributed by atoms with Gasteiger partial charge in [-0.3, -0.25) is 9.59 Å². The van der Waals surface area contributed by atoms with Crippen molar-refractivity contribution < 1.29 is 24.5 Å². The Labute approximate surface area is 147 Å². The van der Waals surface area contributed by atoms with Crippen molar-refractivity contribution in [1.82, 2.24) is 4.90 Å². The third-order valence-electron chi connectivity index (χ3n) is 5.84. The minimum atomic E-state index is -0.250. The summed E-state index contributed by atoms with van der Waals surface area (Å²) in [6, 6.07) is 6.23. The van der Waals surface area contributed by atoms with Crippen LogP contribution in [-0.4, -0.2) is 46.7 Å². The third kappa shape index (κ3) is 3.55. The lowest BCUT2D eigenvalue weighted by Crippen LogP contribution is -2.36. The van der Waals surface area contributed by atoms with Gasteiger partial charge in [0.25, 0.3) is 12.4 Å². The van der Waals surface area contributed by atoms with Gasteiger partial charge in [0.05, 0.1) is 19.3 Å². The van der Waals surface area contributed by atoms with Crippen molar-refractivity contribution in [2.75, 3.05) is 7.05 Å². The number of amides is 1. The predicted octanol–water partition coefficient (Wildman–Crippen LogP) is 2.04. The van der Waals surface area contributed by atoms with Gasteiger partial charge in [-0.15, -0.1) is 0 Å². The molecule has 2 unspecified atom stereocenters. The lowest BCUT2D eigenvalue weighted by Gasteiger charge is -2.26. The second-order valence-electron chi connectivity index (χ2n) is 7.23. The van der Waals surface area contributed by atoms with E-state index in [1.165, 1.54) is 0 Å². The molecule has 2 N–H and O–H groups in total. The lowest BCUT2D eigenvalue weighted by atomic mass is 10.0. The summed E-state index contributed by atoms with van der Waals surface area (Å²) in [6.45, 7) is 0.916. The Morgan fingerprint density at radius 1 is 1.20 bits per heavy atom. The number of benzene rings is 1. The molecule has 1 heterocycles. The van der Waals surface area contributed by atoms with Crippen LogP contribution in [0, 0.1) is 11.8 Å². The Morgan fingerprint density at radius 2 is 1.84 bits per heavy atom. The maximum absolute atomic E-state index is 12.9. The summed E-state index contributed by atoms with van der Waals surface area (Å²) in [5, 5.41) is 16.6. The molecule has 1 aliphatic heterocycles. The molecule has 6 heteroatoms. The van der Waals surface area contributed by atoms with Crippen LogP contribution in [0.4, 0.5) is 0 Å². The Balaban J connectivity index is 0.000000569. The maximum Gasteiger partial charge on any atom is 0.290 e. The van der Waals surface area contributed by atoms with Gasteiger partial charge in [0.2, 0.25) is 0 Å². The SMILES string of the molecule is CN(C(=O)c1cccc2c1COC2)C1C[C@H]2CC(O)C[C@H]2C1.O=CO. The van der Waals surface area contributed by atoms with Crippen LogP contribution in [0.5, 0.6) is 0 Å². The summed E-state index contributed by atoms with van der Waals surface area (Å²) in [5.41, 5.74) is 3.01. The van der Waals surface area contributed by atoms with Gasteiger partial charge in [-0.2, -0.15) is 0 Å². The van der Waals surface area contributed by atoms with Gasteiger partial charge in [-0.25, -0.2) is 0 Å². The van der Waals surface area contributed by atoms with E-state index in [-0.39, 0.29) is 18.5 Å². The minimum Gasteiger partial charge on any atom is -0.483 e. The van der Waals surface area contributed by atoms with E-state index in [1.54, 1.807) is 0 Å². The van der Waals surface area contributed by atoms with Crippen molar-refractivity contribution >= 4 is 12.4 Å². The van der Waals surface area contributed by atoms with Crippen LogP contribution in [0.15, 0.2) is 18.2 Å². The molecule has 4 rings (SSSR count). The Hall–Kier alpha value is -1.92. The van der Waals surface area contributed by atoms with E-state index in [0.29, 0.717) is 31.1 Å². The standard InChI is InChI=1S/C18H23NO3.CH2O2/c1-19(14-5-12-7-15(20)8-13(12)6-14)18(21)16-4-2-3-11-9-22-10-17(11)16;2-1-3/h2-4,12-15,20H,5-10H2,1H3;1H,(H,2,3)/t12-,13+,14?,15?;. The number of aliphatic hydroxyl groups is 1. The molecule has 25 heavy (non-hydrogen) atoms. The fraction of sp³-hybridized carbons (Fsp3) is 0.579. The average Bonchev–Trinajstić information content (AvgIpc) is 3.27. The zero-order valence-electron chi connectivity index (χ0n) is 14.4. The molecule has 1 aromatic carbocycles. The van der Waals surface area contributed by atoms with Gasteiger partial charge in [0, 0.05) is 18.7 Å². The molecule has 2 fully saturated rings. The molecule has 3 aliphatic rings. The summed E-state index contributed by atoms with van der Waals surface area (Å²) in [4.78, 5) is 23.2. The van der Waals surface area contributed by atoms with Gasteiger partial charge in [-0.1, -0.05) is 12.1 Å². The monoisotopic (exact) mass is 347 g/mol. The molecule has 2 saturated carbocycles. The quantitative estimate of drug-likeness (QED) is 0.800. The van der Waals surface area contributed by atoms with E-state index < -0.39 is 0 Å². The van der Waals surface area contributed by atoms with Crippen LogP contribution < -0.4 is 0 Å². The van der Waals surface area contributed by atoms with Crippen molar-refractivity contribution in [2.45, 2.75) is 51.0 Å². The Kier molecular flexibility index (Phi) is 5.39. The van der Waals surface area contributed by atoms with Crippen molar-refractivity contribution in [1.29, 1.82) is 0 Å². The molecule has 0 aromatic heterocycles. The van der Waals surface area contributed by atoms with Gasteiger partial charge in [-0.05, 0) is 54.7 Å². The second kappa shape index (κ2) is 7.54. The average molecular weight is 347 g/mol. The zero-order chi connectivity index (χ0) is 18.0. The molecule has 1 amide bonds. The zero-order valence-corrected chi connectivity index (χ0v) is 14.4. The number of fused-ring (bicyclic) bond motifs is 2. The Morgan fingerprint density at radius 3 is 2.48 bits per heavy atom. The summed E-state index contributed by atoms with van der Waals surface area (Å²) in [7, 11) is 1.93.